The molecule has 0 unspecified atom stereocenters. The van der Waals surface area contributed by atoms with Gasteiger partial charge in [-0.1, -0.05) is 53.2 Å². The van der Waals surface area contributed by atoms with Crippen molar-refractivity contribution in [3.63, 3.8) is 0 Å². The molecule has 0 saturated carbocycles. The highest BCUT2D eigenvalue weighted by Crippen LogP contribution is 2.19. The maximum atomic E-state index is 12.5. The zero-order valence-corrected chi connectivity index (χ0v) is 16.7. The molecule has 152 valence electrons. The number of nitrogens with zero attached hydrogens (tertiary/aromatic N) is 4. The van der Waals surface area contributed by atoms with Crippen molar-refractivity contribution in [1.29, 1.82) is 0 Å². The van der Waals surface area contributed by atoms with Gasteiger partial charge in [-0.3, -0.25) is 9.59 Å². The van der Waals surface area contributed by atoms with Crippen molar-refractivity contribution in [2.45, 2.75) is 32.9 Å². The summed E-state index contributed by atoms with van der Waals surface area (Å²) in [5, 5.41) is 12.3. The van der Waals surface area contributed by atoms with Crippen LogP contribution in [0.1, 0.15) is 30.8 Å². The maximum Gasteiger partial charge on any atom is 0.274 e. The predicted octanol–water partition coefficient (Wildman–Crippen LogP) is 3.02. The van der Waals surface area contributed by atoms with Crippen LogP contribution in [0.3, 0.4) is 0 Å². The number of nitrogens with one attached hydrogen (secondary N) is 1. The molecule has 1 N–H and O–H groups in total. The number of fused-ring (bicyclic) bond motifs is 1. The lowest BCUT2D eigenvalue weighted by Crippen LogP contribution is -2.30. The highest BCUT2D eigenvalue weighted by molar-refractivity contribution is 5.80. The molecule has 0 aliphatic rings. The number of amides is 1. The molecule has 0 spiro atoms. The molecular formula is C22H21N5O3. The normalized spacial score (nSPS) is 12.1. The van der Waals surface area contributed by atoms with Gasteiger partial charge in [0.15, 0.2) is 0 Å². The Hall–Kier alpha value is -3.81. The van der Waals surface area contributed by atoms with E-state index in [0.29, 0.717) is 17.1 Å². The van der Waals surface area contributed by atoms with E-state index >= 15 is 0 Å². The fourth-order valence-corrected chi connectivity index (χ4v) is 3.10. The van der Waals surface area contributed by atoms with E-state index in [4.69, 9.17) is 4.52 Å². The third kappa shape index (κ3) is 4.12. The molecule has 2 aromatic carbocycles. The van der Waals surface area contributed by atoms with Crippen LogP contribution in [0.25, 0.3) is 22.2 Å². The van der Waals surface area contributed by atoms with E-state index in [1.54, 1.807) is 25.3 Å². The Bertz CT molecular complexity index is 1240. The number of hydrogen-bond donors (Lipinski definition) is 1. The number of benzene rings is 2. The van der Waals surface area contributed by atoms with Crippen molar-refractivity contribution in [2.75, 3.05) is 0 Å². The Balaban J connectivity index is 1.38. The Morgan fingerprint density at radius 2 is 1.93 bits per heavy atom. The SMILES string of the molecule is Cc1ccc(-c2noc([C@H](C)NC(=O)CCn3ncc4ccccc4c3=O)n2)cc1. The molecule has 8 nitrogen and oxygen atoms in total. The van der Waals surface area contributed by atoms with Gasteiger partial charge in [-0.25, -0.2) is 4.68 Å². The Morgan fingerprint density at radius 1 is 1.17 bits per heavy atom. The van der Waals surface area contributed by atoms with Crippen molar-refractivity contribution < 1.29 is 9.32 Å². The van der Waals surface area contributed by atoms with Gasteiger partial charge in [0, 0.05) is 17.4 Å². The number of carbonyl (C=O) groups excluding carboxylic acids is 1. The van der Waals surface area contributed by atoms with Gasteiger partial charge < -0.3 is 9.84 Å². The van der Waals surface area contributed by atoms with Gasteiger partial charge in [0.2, 0.25) is 17.6 Å². The first-order chi connectivity index (χ1) is 14.5. The second-order valence-electron chi connectivity index (χ2n) is 7.12. The van der Waals surface area contributed by atoms with Crippen molar-refractivity contribution >= 4 is 16.7 Å². The first kappa shape index (κ1) is 19.5. The van der Waals surface area contributed by atoms with Crippen LogP contribution in [0.5, 0.6) is 0 Å². The summed E-state index contributed by atoms with van der Waals surface area (Å²) in [6, 6.07) is 14.6. The summed E-state index contributed by atoms with van der Waals surface area (Å²) in [5.41, 5.74) is 1.77. The van der Waals surface area contributed by atoms with Crippen LogP contribution in [-0.4, -0.2) is 25.8 Å². The van der Waals surface area contributed by atoms with E-state index in [9.17, 15) is 9.59 Å². The van der Waals surface area contributed by atoms with E-state index in [-0.39, 0.29) is 24.4 Å². The molecule has 4 aromatic rings. The van der Waals surface area contributed by atoms with E-state index in [1.165, 1.54) is 4.68 Å². The number of rotatable bonds is 6. The molecule has 0 aliphatic heterocycles. The van der Waals surface area contributed by atoms with Gasteiger partial charge in [-0.05, 0) is 19.9 Å². The second-order valence-corrected chi connectivity index (χ2v) is 7.12. The zero-order chi connectivity index (χ0) is 21.1. The molecule has 1 amide bonds. The minimum absolute atomic E-state index is 0.106. The molecule has 0 bridgehead atoms. The third-order valence-electron chi connectivity index (χ3n) is 4.81. The molecule has 2 heterocycles. The summed E-state index contributed by atoms with van der Waals surface area (Å²) in [4.78, 5) is 29.2. The van der Waals surface area contributed by atoms with Crippen LogP contribution in [0.2, 0.25) is 0 Å². The Labute approximate surface area is 172 Å². The fraction of sp³-hybridized carbons (Fsp3) is 0.227. The molecule has 8 heteroatoms. The first-order valence-electron chi connectivity index (χ1n) is 9.66. The van der Waals surface area contributed by atoms with Crippen molar-refractivity contribution in [3.05, 3.63) is 76.5 Å². The van der Waals surface area contributed by atoms with Gasteiger partial charge in [-0.15, -0.1) is 0 Å². The lowest BCUT2D eigenvalue weighted by atomic mass is 10.1. The summed E-state index contributed by atoms with van der Waals surface area (Å²) < 4.78 is 6.60. The molecular weight excluding hydrogens is 382 g/mol. The molecule has 0 radical (unpaired) electrons. The number of carbonyl (C=O) groups is 1. The third-order valence-corrected chi connectivity index (χ3v) is 4.81. The summed E-state index contributed by atoms with van der Waals surface area (Å²) in [5.74, 6) is 0.553. The predicted molar refractivity (Wildman–Crippen MR) is 112 cm³/mol. The highest BCUT2D eigenvalue weighted by atomic mass is 16.5. The lowest BCUT2D eigenvalue weighted by Gasteiger charge is -2.10. The molecule has 0 fully saturated rings. The van der Waals surface area contributed by atoms with Gasteiger partial charge in [0.25, 0.3) is 5.56 Å². The standard InChI is InChI=1S/C22H21N5O3/c1-14-7-9-16(10-8-14)20-25-21(30-26-20)15(2)24-19(28)11-12-27-22(29)18-6-4-3-5-17(18)13-23-27/h3-10,13,15H,11-12H2,1-2H3,(H,24,28)/t15-/m0/s1. The lowest BCUT2D eigenvalue weighted by molar-refractivity contribution is -0.122. The van der Waals surface area contributed by atoms with Crippen LogP contribution in [0, 0.1) is 6.92 Å². The van der Waals surface area contributed by atoms with Crippen LogP contribution in [0.4, 0.5) is 0 Å². The molecule has 2 aromatic heterocycles. The molecule has 0 saturated heterocycles. The van der Waals surface area contributed by atoms with Gasteiger partial charge >= 0.3 is 0 Å². The van der Waals surface area contributed by atoms with Crippen LogP contribution in [-0.2, 0) is 11.3 Å². The minimum atomic E-state index is -0.453. The molecule has 0 aliphatic carbocycles. The fourth-order valence-electron chi connectivity index (χ4n) is 3.10. The van der Waals surface area contributed by atoms with Crippen LogP contribution >= 0.6 is 0 Å². The highest BCUT2D eigenvalue weighted by Gasteiger charge is 2.17. The summed E-state index contributed by atoms with van der Waals surface area (Å²) in [7, 11) is 0. The summed E-state index contributed by atoms with van der Waals surface area (Å²) in [6.45, 7) is 3.95. The largest absolute Gasteiger partial charge is 0.345 e. The van der Waals surface area contributed by atoms with E-state index < -0.39 is 6.04 Å². The minimum Gasteiger partial charge on any atom is -0.345 e. The zero-order valence-electron chi connectivity index (χ0n) is 16.7. The second kappa shape index (κ2) is 8.28. The maximum absolute atomic E-state index is 12.5. The number of aromatic nitrogens is 4. The average Bonchev–Trinajstić information content (AvgIpc) is 3.24. The average molecular weight is 403 g/mol. The number of hydrogen-bond acceptors (Lipinski definition) is 6. The Morgan fingerprint density at radius 3 is 2.73 bits per heavy atom. The van der Waals surface area contributed by atoms with E-state index in [1.807, 2.05) is 43.3 Å². The first-order valence-corrected chi connectivity index (χ1v) is 9.66. The summed E-state index contributed by atoms with van der Waals surface area (Å²) in [6.07, 6.45) is 1.73. The van der Waals surface area contributed by atoms with Gasteiger partial charge in [-0.2, -0.15) is 10.1 Å². The van der Waals surface area contributed by atoms with Crippen molar-refractivity contribution in [3.8, 4) is 11.4 Å². The molecule has 4 rings (SSSR count). The smallest absolute Gasteiger partial charge is 0.274 e. The van der Waals surface area contributed by atoms with Gasteiger partial charge in [0.1, 0.15) is 6.04 Å². The van der Waals surface area contributed by atoms with Crippen LogP contribution in [0.15, 0.2) is 64.0 Å². The van der Waals surface area contributed by atoms with Crippen LogP contribution < -0.4 is 10.9 Å². The Kier molecular flexibility index (Phi) is 5.38. The summed E-state index contributed by atoms with van der Waals surface area (Å²) >= 11 is 0. The molecule has 30 heavy (non-hydrogen) atoms. The van der Waals surface area contributed by atoms with E-state index in [0.717, 1.165) is 16.5 Å². The quantitative estimate of drug-likeness (QED) is 0.531. The number of aryl methyl sites for hydroxylation is 2. The van der Waals surface area contributed by atoms with Gasteiger partial charge in [0.05, 0.1) is 18.1 Å². The van der Waals surface area contributed by atoms with Crippen molar-refractivity contribution in [1.82, 2.24) is 25.2 Å². The van der Waals surface area contributed by atoms with Crippen molar-refractivity contribution in [2.24, 2.45) is 0 Å². The van der Waals surface area contributed by atoms with E-state index in [2.05, 4.69) is 20.6 Å². The monoisotopic (exact) mass is 403 g/mol. The topological polar surface area (TPSA) is 103 Å². The molecule has 1 atom stereocenters.